The van der Waals surface area contributed by atoms with Crippen molar-refractivity contribution < 1.29 is 0 Å². The maximum atomic E-state index is 5.85. The van der Waals surface area contributed by atoms with E-state index in [1.807, 2.05) is 25.3 Å². The number of hydrogen-bond donors (Lipinski definition) is 1. The first kappa shape index (κ1) is 9.71. The minimum absolute atomic E-state index is 0.847. The molecule has 0 spiro atoms. The van der Waals surface area contributed by atoms with Gasteiger partial charge in [0.05, 0.1) is 0 Å². The highest BCUT2D eigenvalue weighted by Crippen LogP contribution is 2.26. The Morgan fingerprint density at radius 3 is 2.60 bits per heavy atom. The van der Waals surface area contributed by atoms with Crippen molar-refractivity contribution in [1.29, 1.82) is 0 Å². The second-order valence-corrected chi connectivity index (χ2v) is 3.77. The average molecular weight is 198 g/mol. The first-order chi connectivity index (χ1) is 7.18. The van der Waals surface area contributed by atoms with Gasteiger partial charge in [-0.25, -0.2) is 0 Å². The predicted molar refractivity (Wildman–Crippen MR) is 63.6 cm³/mol. The van der Waals surface area contributed by atoms with Crippen LogP contribution in [0, 0.1) is 13.8 Å². The van der Waals surface area contributed by atoms with Crippen molar-refractivity contribution in [1.82, 2.24) is 4.98 Å². The minimum Gasteiger partial charge on any atom is -0.399 e. The summed E-state index contributed by atoms with van der Waals surface area (Å²) >= 11 is 0. The molecule has 0 saturated carbocycles. The molecule has 0 aliphatic heterocycles. The summed E-state index contributed by atoms with van der Waals surface area (Å²) in [6, 6.07) is 8.13. The number of nitrogens with zero attached hydrogens (tertiary/aromatic N) is 1. The highest BCUT2D eigenvalue weighted by molar-refractivity contribution is 5.70. The van der Waals surface area contributed by atoms with E-state index in [9.17, 15) is 0 Å². The lowest BCUT2D eigenvalue weighted by molar-refractivity contribution is 1.31. The van der Waals surface area contributed by atoms with Crippen molar-refractivity contribution in [3.8, 4) is 11.1 Å². The molecule has 0 aliphatic rings. The molecule has 0 radical (unpaired) electrons. The van der Waals surface area contributed by atoms with E-state index in [4.69, 9.17) is 5.73 Å². The number of nitrogen functional groups attached to an aromatic ring is 1. The van der Waals surface area contributed by atoms with Gasteiger partial charge in [-0.1, -0.05) is 6.07 Å². The molecular formula is C13H14N2. The van der Waals surface area contributed by atoms with E-state index in [-0.39, 0.29) is 0 Å². The molecule has 15 heavy (non-hydrogen) atoms. The zero-order chi connectivity index (χ0) is 10.8. The summed E-state index contributed by atoms with van der Waals surface area (Å²) in [5, 5.41) is 0. The van der Waals surface area contributed by atoms with Gasteiger partial charge in [-0.05, 0) is 48.7 Å². The molecule has 2 heteroatoms. The molecule has 0 atom stereocenters. The highest BCUT2D eigenvalue weighted by atomic mass is 14.6. The molecular weight excluding hydrogens is 184 g/mol. The number of pyridine rings is 1. The zero-order valence-electron chi connectivity index (χ0n) is 8.99. The molecule has 2 N–H and O–H groups in total. The van der Waals surface area contributed by atoms with Crippen LogP contribution in [0.25, 0.3) is 11.1 Å². The van der Waals surface area contributed by atoms with Gasteiger partial charge in [-0.2, -0.15) is 0 Å². The van der Waals surface area contributed by atoms with Gasteiger partial charge in [0.25, 0.3) is 0 Å². The zero-order valence-corrected chi connectivity index (χ0v) is 8.99. The summed E-state index contributed by atoms with van der Waals surface area (Å²) in [6.07, 6.45) is 3.65. The SMILES string of the molecule is Cc1cc(-c2cccnc2)c(C)cc1N. The molecule has 76 valence electrons. The second kappa shape index (κ2) is 3.73. The summed E-state index contributed by atoms with van der Waals surface area (Å²) in [5.41, 5.74) is 11.3. The molecule has 0 unspecified atom stereocenters. The fraction of sp³-hybridized carbons (Fsp3) is 0.154. The van der Waals surface area contributed by atoms with Crippen LogP contribution in [0.5, 0.6) is 0 Å². The lowest BCUT2D eigenvalue weighted by Crippen LogP contribution is -1.93. The standard InChI is InChI=1S/C13H14N2/c1-9-7-13(14)10(2)6-12(9)11-4-3-5-15-8-11/h3-8H,14H2,1-2H3. The molecule has 1 aromatic heterocycles. The Hall–Kier alpha value is -1.83. The highest BCUT2D eigenvalue weighted by Gasteiger charge is 2.04. The predicted octanol–water partition coefficient (Wildman–Crippen LogP) is 2.95. The molecule has 0 aliphatic carbocycles. The third kappa shape index (κ3) is 1.84. The van der Waals surface area contributed by atoms with E-state index in [1.165, 1.54) is 11.1 Å². The molecule has 2 nitrogen and oxygen atoms in total. The fourth-order valence-corrected chi connectivity index (χ4v) is 1.67. The van der Waals surface area contributed by atoms with Gasteiger partial charge in [0.2, 0.25) is 0 Å². The quantitative estimate of drug-likeness (QED) is 0.715. The van der Waals surface area contributed by atoms with Gasteiger partial charge in [0.1, 0.15) is 0 Å². The number of anilines is 1. The Morgan fingerprint density at radius 2 is 1.93 bits per heavy atom. The van der Waals surface area contributed by atoms with Crippen LogP contribution in [0.4, 0.5) is 5.69 Å². The Morgan fingerprint density at radius 1 is 1.13 bits per heavy atom. The maximum Gasteiger partial charge on any atom is 0.0346 e. The number of hydrogen-bond acceptors (Lipinski definition) is 2. The largest absolute Gasteiger partial charge is 0.399 e. The third-order valence-electron chi connectivity index (χ3n) is 2.59. The molecule has 2 aromatic rings. The van der Waals surface area contributed by atoms with E-state index < -0.39 is 0 Å². The van der Waals surface area contributed by atoms with Crippen LogP contribution in [0.15, 0.2) is 36.7 Å². The van der Waals surface area contributed by atoms with E-state index in [0.717, 1.165) is 16.8 Å². The van der Waals surface area contributed by atoms with Crippen LogP contribution in [0.2, 0.25) is 0 Å². The van der Waals surface area contributed by atoms with Crippen molar-refractivity contribution in [3.63, 3.8) is 0 Å². The van der Waals surface area contributed by atoms with Gasteiger partial charge in [0.15, 0.2) is 0 Å². The van der Waals surface area contributed by atoms with Crippen LogP contribution in [0.3, 0.4) is 0 Å². The monoisotopic (exact) mass is 198 g/mol. The van der Waals surface area contributed by atoms with Crippen molar-refractivity contribution in [2.24, 2.45) is 0 Å². The van der Waals surface area contributed by atoms with Crippen molar-refractivity contribution >= 4 is 5.69 Å². The van der Waals surface area contributed by atoms with Gasteiger partial charge in [0, 0.05) is 23.6 Å². The first-order valence-electron chi connectivity index (χ1n) is 4.95. The third-order valence-corrected chi connectivity index (χ3v) is 2.59. The van der Waals surface area contributed by atoms with Crippen LogP contribution in [0.1, 0.15) is 11.1 Å². The lowest BCUT2D eigenvalue weighted by atomic mass is 9.99. The Balaban J connectivity index is 2.59. The number of nitrogens with two attached hydrogens (primary N) is 1. The van der Waals surface area contributed by atoms with Crippen molar-refractivity contribution in [2.45, 2.75) is 13.8 Å². The molecule has 2 rings (SSSR count). The minimum atomic E-state index is 0.847. The van der Waals surface area contributed by atoms with E-state index in [2.05, 4.69) is 24.0 Å². The van der Waals surface area contributed by atoms with Crippen molar-refractivity contribution in [2.75, 3.05) is 5.73 Å². The molecule has 0 fully saturated rings. The normalized spacial score (nSPS) is 10.3. The van der Waals surface area contributed by atoms with Crippen LogP contribution >= 0.6 is 0 Å². The molecule has 1 aromatic carbocycles. The average Bonchev–Trinajstić information content (AvgIpc) is 2.25. The second-order valence-electron chi connectivity index (χ2n) is 3.77. The number of aromatic nitrogens is 1. The summed E-state index contributed by atoms with van der Waals surface area (Å²) in [4.78, 5) is 4.12. The van der Waals surface area contributed by atoms with Crippen LogP contribution < -0.4 is 5.73 Å². The molecule has 0 bridgehead atoms. The number of benzene rings is 1. The molecule has 1 heterocycles. The van der Waals surface area contributed by atoms with E-state index >= 15 is 0 Å². The van der Waals surface area contributed by atoms with E-state index in [0.29, 0.717) is 0 Å². The topological polar surface area (TPSA) is 38.9 Å². The summed E-state index contributed by atoms with van der Waals surface area (Å²) in [5.74, 6) is 0. The summed E-state index contributed by atoms with van der Waals surface area (Å²) in [6.45, 7) is 4.09. The molecule has 0 amide bonds. The van der Waals surface area contributed by atoms with E-state index in [1.54, 1.807) is 6.20 Å². The maximum absolute atomic E-state index is 5.85. The van der Waals surface area contributed by atoms with Gasteiger partial charge in [-0.3, -0.25) is 4.98 Å². The number of rotatable bonds is 1. The fourth-order valence-electron chi connectivity index (χ4n) is 1.67. The van der Waals surface area contributed by atoms with Gasteiger partial charge in [-0.15, -0.1) is 0 Å². The van der Waals surface area contributed by atoms with Gasteiger partial charge >= 0.3 is 0 Å². The molecule has 0 saturated heterocycles. The van der Waals surface area contributed by atoms with Crippen LogP contribution in [-0.2, 0) is 0 Å². The Bertz CT molecular complexity index is 475. The van der Waals surface area contributed by atoms with Crippen LogP contribution in [-0.4, -0.2) is 4.98 Å². The Kier molecular flexibility index (Phi) is 2.42. The van der Waals surface area contributed by atoms with Gasteiger partial charge < -0.3 is 5.73 Å². The Labute approximate surface area is 89.8 Å². The summed E-state index contributed by atoms with van der Waals surface area (Å²) < 4.78 is 0. The summed E-state index contributed by atoms with van der Waals surface area (Å²) in [7, 11) is 0. The lowest BCUT2D eigenvalue weighted by Gasteiger charge is -2.09. The smallest absolute Gasteiger partial charge is 0.0346 e. The number of aryl methyl sites for hydroxylation is 2. The first-order valence-corrected chi connectivity index (χ1v) is 4.95. The van der Waals surface area contributed by atoms with Crippen molar-refractivity contribution in [3.05, 3.63) is 47.8 Å².